The van der Waals surface area contributed by atoms with E-state index in [-0.39, 0.29) is 11.7 Å². The van der Waals surface area contributed by atoms with Crippen LogP contribution in [0.2, 0.25) is 0 Å². The molecule has 3 heterocycles. The molecule has 1 saturated carbocycles. The molecular weight excluding hydrogens is 373 g/mol. The van der Waals surface area contributed by atoms with Crippen molar-refractivity contribution >= 4 is 11.6 Å². The van der Waals surface area contributed by atoms with Crippen LogP contribution in [0.25, 0.3) is 5.82 Å². The number of anilines is 1. The van der Waals surface area contributed by atoms with Crippen LogP contribution in [0, 0.1) is 6.92 Å². The Bertz CT molecular complexity index is 1020. The number of nitrogens with one attached hydrogen (secondary N) is 1. The van der Waals surface area contributed by atoms with Crippen molar-refractivity contribution in [1.82, 2.24) is 24.7 Å². The summed E-state index contributed by atoms with van der Waals surface area (Å²) in [4.78, 5) is 24.2. The van der Waals surface area contributed by atoms with E-state index in [2.05, 4.69) is 25.4 Å². The van der Waals surface area contributed by atoms with E-state index in [1.54, 1.807) is 13.0 Å². The third-order valence-corrected chi connectivity index (χ3v) is 4.40. The van der Waals surface area contributed by atoms with Gasteiger partial charge in [0.2, 0.25) is 0 Å². The number of hydrogen-bond donors (Lipinski definition) is 1. The fraction of sp³-hybridized carbons (Fsp3) is 0.278. The Hall–Kier alpha value is -3.30. The number of alkyl halides is 3. The molecule has 0 atom stereocenters. The predicted octanol–water partition coefficient (Wildman–Crippen LogP) is 3.51. The van der Waals surface area contributed by atoms with Gasteiger partial charge in [0.15, 0.2) is 11.5 Å². The number of hydrogen-bond acceptors (Lipinski definition) is 5. The molecular formula is C18H15F3N6O. The van der Waals surface area contributed by atoms with Gasteiger partial charge in [0, 0.05) is 17.8 Å². The summed E-state index contributed by atoms with van der Waals surface area (Å²) in [5.41, 5.74) is 0.807. The molecule has 0 unspecified atom stereocenters. The van der Waals surface area contributed by atoms with Gasteiger partial charge in [0.05, 0.1) is 23.1 Å². The number of aromatic nitrogens is 5. The van der Waals surface area contributed by atoms with Crippen LogP contribution in [-0.2, 0) is 6.18 Å². The molecule has 0 aliphatic heterocycles. The van der Waals surface area contributed by atoms with Gasteiger partial charge in [0.1, 0.15) is 6.33 Å². The van der Waals surface area contributed by atoms with Crippen molar-refractivity contribution in [1.29, 1.82) is 0 Å². The van der Waals surface area contributed by atoms with Crippen LogP contribution in [0.4, 0.5) is 18.9 Å². The molecule has 1 amide bonds. The largest absolute Gasteiger partial charge is 0.435 e. The molecule has 3 aromatic rings. The number of carbonyl (C=O) groups is 1. The summed E-state index contributed by atoms with van der Waals surface area (Å²) in [6.07, 6.45) is 1.27. The van der Waals surface area contributed by atoms with Gasteiger partial charge in [-0.25, -0.2) is 19.6 Å². The highest BCUT2D eigenvalue weighted by Gasteiger charge is 2.38. The van der Waals surface area contributed by atoms with Crippen molar-refractivity contribution in [2.75, 3.05) is 5.32 Å². The molecule has 3 aromatic heterocycles. The van der Waals surface area contributed by atoms with Gasteiger partial charge >= 0.3 is 6.18 Å². The van der Waals surface area contributed by atoms with Crippen LogP contribution in [-0.4, -0.2) is 30.6 Å². The summed E-state index contributed by atoms with van der Waals surface area (Å²) in [6.45, 7) is 1.69. The number of carbonyl (C=O) groups excluding carboxylic acids is 1. The Kier molecular flexibility index (Phi) is 4.33. The molecule has 1 aliphatic carbocycles. The average Bonchev–Trinajstić information content (AvgIpc) is 3.39. The minimum atomic E-state index is -4.52. The van der Waals surface area contributed by atoms with Crippen LogP contribution >= 0.6 is 0 Å². The highest BCUT2D eigenvalue weighted by Crippen LogP contribution is 2.42. The lowest BCUT2D eigenvalue weighted by molar-refractivity contribution is -0.141. The van der Waals surface area contributed by atoms with E-state index >= 15 is 0 Å². The van der Waals surface area contributed by atoms with E-state index in [9.17, 15) is 18.0 Å². The summed E-state index contributed by atoms with van der Waals surface area (Å²) in [5.74, 6) is -0.0785. The molecule has 28 heavy (non-hydrogen) atoms. The van der Waals surface area contributed by atoms with Crippen LogP contribution in [0.1, 0.15) is 46.2 Å². The zero-order valence-corrected chi connectivity index (χ0v) is 14.7. The maximum Gasteiger partial charge on any atom is 0.435 e. The second-order valence-corrected chi connectivity index (χ2v) is 6.52. The van der Waals surface area contributed by atoms with Crippen molar-refractivity contribution in [3.05, 3.63) is 59.6 Å². The molecule has 1 aliphatic rings. The Morgan fingerprint density at radius 3 is 2.61 bits per heavy atom. The number of aryl methyl sites for hydroxylation is 1. The van der Waals surface area contributed by atoms with Crippen molar-refractivity contribution < 1.29 is 18.0 Å². The Labute approximate surface area is 157 Å². The molecule has 0 bridgehead atoms. The van der Waals surface area contributed by atoms with Crippen LogP contribution in [0.3, 0.4) is 0 Å². The molecule has 0 spiro atoms. The lowest BCUT2D eigenvalue weighted by atomic mass is 10.2. The highest BCUT2D eigenvalue weighted by atomic mass is 19.4. The smallest absolute Gasteiger partial charge is 0.320 e. The maximum absolute atomic E-state index is 13.0. The lowest BCUT2D eigenvalue weighted by Crippen LogP contribution is -2.15. The van der Waals surface area contributed by atoms with Gasteiger partial charge in [-0.3, -0.25) is 4.79 Å². The van der Waals surface area contributed by atoms with Gasteiger partial charge in [-0.15, -0.1) is 0 Å². The van der Waals surface area contributed by atoms with Crippen molar-refractivity contribution in [3.63, 3.8) is 0 Å². The molecule has 0 aromatic carbocycles. The van der Waals surface area contributed by atoms with Gasteiger partial charge in [-0.1, -0.05) is 0 Å². The lowest BCUT2D eigenvalue weighted by Gasteiger charge is -2.09. The first-order valence-corrected chi connectivity index (χ1v) is 8.54. The highest BCUT2D eigenvalue weighted by molar-refractivity contribution is 6.04. The normalized spacial score (nSPS) is 14.1. The van der Waals surface area contributed by atoms with E-state index in [0.29, 0.717) is 22.6 Å². The predicted molar refractivity (Wildman–Crippen MR) is 93.1 cm³/mol. The first-order valence-electron chi connectivity index (χ1n) is 8.54. The fourth-order valence-corrected chi connectivity index (χ4v) is 2.78. The molecule has 7 nitrogen and oxygen atoms in total. The topological polar surface area (TPSA) is 85.6 Å². The number of halogens is 3. The van der Waals surface area contributed by atoms with E-state index in [4.69, 9.17) is 0 Å². The fourth-order valence-electron chi connectivity index (χ4n) is 2.78. The van der Waals surface area contributed by atoms with Crippen LogP contribution in [0.15, 0.2) is 36.9 Å². The van der Waals surface area contributed by atoms with Crippen LogP contribution < -0.4 is 5.32 Å². The summed E-state index contributed by atoms with van der Waals surface area (Å²) < 4.78 is 40.3. The molecule has 4 rings (SSSR count). The van der Waals surface area contributed by atoms with Gasteiger partial charge in [-0.05, 0) is 38.0 Å². The number of rotatable bonds is 4. The monoisotopic (exact) mass is 388 g/mol. The zero-order valence-electron chi connectivity index (χ0n) is 14.7. The first kappa shape index (κ1) is 18.1. The molecule has 144 valence electrons. The number of amides is 1. The summed E-state index contributed by atoms with van der Waals surface area (Å²) in [7, 11) is 0. The SMILES string of the molecule is Cc1ncncc1C(=O)Nc1ccc(-n2nc(C(F)(F)F)cc2C2CC2)nc1. The Balaban J connectivity index is 1.58. The third kappa shape index (κ3) is 3.57. The number of pyridine rings is 1. The summed E-state index contributed by atoms with van der Waals surface area (Å²) in [6, 6.07) is 4.15. The second kappa shape index (κ2) is 6.70. The van der Waals surface area contributed by atoms with Crippen LogP contribution in [0.5, 0.6) is 0 Å². The summed E-state index contributed by atoms with van der Waals surface area (Å²) in [5, 5.41) is 6.35. The van der Waals surface area contributed by atoms with E-state index in [0.717, 1.165) is 18.9 Å². The molecule has 10 heteroatoms. The minimum absolute atomic E-state index is 0.0610. The summed E-state index contributed by atoms with van der Waals surface area (Å²) >= 11 is 0. The van der Waals surface area contributed by atoms with Crippen molar-refractivity contribution in [2.45, 2.75) is 31.9 Å². The molecule has 1 fully saturated rings. The van der Waals surface area contributed by atoms with E-state index in [1.807, 2.05) is 0 Å². The van der Waals surface area contributed by atoms with E-state index < -0.39 is 17.8 Å². The first-order chi connectivity index (χ1) is 13.3. The third-order valence-electron chi connectivity index (χ3n) is 4.40. The standard InChI is InChI=1S/C18H15F3N6O/c1-10-13(8-22-9-24-10)17(28)25-12-4-5-16(23-7-12)27-14(11-2-3-11)6-15(26-27)18(19,20)21/h4-9,11H,2-3H2,1H3,(H,25,28). The van der Waals surface area contributed by atoms with Crippen molar-refractivity contribution in [3.8, 4) is 5.82 Å². The quantitative estimate of drug-likeness (QED) is 0.739. The Morgan fingerprint density at radius 1 is 1.21 bits per heavy atom. The van der Waals surface area contributed by atoms with Crippen molar-refractivity contribution in [2.24, 2.45) is 0 Å². The Morgan fingerprint density at radius 2 is 2.00 bits per heavy atom. The second-order valence-electron chi connectivity index (χ2n) is 6.52. The maximum atomic E-state index is 13.0. The van der Waals surface area contributed by atoms with Gasteiger partial charge in [-0.2, -0.15) is 18.3 Å². The molecule has 0 radical (unpaired) electrons. The molecule has 1 N–H and O–H groups in total. The van der Waals surface area contributed by atoms with Gasteiger partial charge in [0.25, 0.3) is 5.91 Å². The van der Waals surface area contributed by atoms with Gasteiger partial charge < -0.3 is 5.32 Å². The average molecular weight is 388 g/mol. The molecule has 0 saturated heterocycles. The zero-order chi connectivity index (χ0) is 19.9. The number of nitrogens with zero attached hydrogens (tertiary/aromatic N) is 5. The minimum Gasteiger partial charge on any atom is -0.320 e. The van der Waals surface area contributed by atoms with E-state index in [1.165, 1.54) is 29.5 Å².